The number of rotatable bonds is 3. The van der Waals surface area contributed by atoms with Gasteiger partial charge in [0.15, 0.2) is 0 Å². The van der Waals surface area contributed by atoms with E-state index < -0.39 is 11.7 Å². The lowest BCUT2D eigenvalue weighted by Gasteiger charge is -2.05. The van der Waals surface area contributed by atoms with E-state index in [-0.39, 0.29) is 12.3 Å². The maximum atomic E-state index is 13.8. The highest BCUT2D eigenvalue weighted by Crippen LogP contribution is 2.16. The summed E-state index contributed by atoms with van der Waals surface area (Å²) < 4.78 is 18.6. The standard InChI is InChI=1S/C15H12FNO3/c16-13-9-11(3-1-2-7-18)4-5-14(13)17-15(19)12-6-8-20-10-12/h4-6,8-10,18H,2,7H2,(H,17,19). The first-order valence-corrected chi connectivity index (χ1v) is 5.93. The van der Waals surface area contributed by atoms with Crippen LogP contribution in [0.4, 0.5) is 10.1 Å². The summed E-state index contributed by atoms with van der Waals surface area (Å²) in [5, 5.41) is 11.0. The summed E-state index contributed by atoms with van der Waals surface area (Å²) in [6.45, 7) is -0.0334. The number of amides is 1. The number of benzene rings is 1. The van der Waals surface area contributed by atoms with Crippen molar-refractivity contribution < 1.29 is 18.7 Å². The summed E-state index contributed by atoms with van der Waals surface area (Å²) in [5.41, 5.74) is 0.873. The molecule has 20 heavy (non-hydrogen) atoms. The highest BCUT2D eigenvalue weighted by molar-refractivity contribution is 6.04. The number of halogens is 1. The molecule has 2 rings (SSSR count). The lowest BCUT2D eigenvalue weighted by Crippen LogP contribution is -2.12. The van der Waals surface area contributed by atoms with E-state index in [0.717, 1.165) is 0 Å². The Morgan fingerprint density at radius 2 is 2.25 bits per heavy atom. The number of aliphatic hydroxyl groups is 1. The second kappa shape index (κ2) is 6.55. The predicted octanol–water partition coefficient (Wildman–Crippen LogP) is 2.40. The van der Waals surface area contributed by atoms with E-state index in [1.165, 1.54) is 30.7 Å². The first-order chi connectivity index (χ1) is 9.70. The molecule has 5 heteroatoms. The maximum Gasteiger partial charge on any atom is 0.258 e. The van der Waals surface area contributed by atoms with Crippen LogP contribution in [0.3, 0.4) is 0 Å². The lowest BCUT2D eigenvalue weighted by atomic mass is 10.2. The van der Waals surface area contributed by atoms with E-state index in [9.17, 15) is 9.18 Å². The Bertz CT molecular complexity index is 653. The maximum absolute atomic E-state index is 13.8. The molecule has 1 amide bonds. The number of aliphatic hydroxyl groups excluding tert-OH is 1. The van der Waals surface area contributed by atoms with E-state index in [2.05, 4.69) is 17.2 Å². The van der Waals surface area contributed by atoms with Gasteiger partial charge in [-0.2, -0.15) is 0 Å². The molecule has 2 aromatic rings. The number of carbonyl (C=O) groups is 1. The minimum atomic E-state index is -0.572. The summed E-state index contributed by atoms with van der Waals surface area (Å²) in [6.07, 6.45) is 2.98. The molecule has 0 saturated carbocycles. The molecule has 0 aliphatic rings. The zero-order valence-electron chi connectivity index (χ0n) is 10.5. The number of anilines is 1. The van der Waals surface area contributed by atoms with Crippen molar-refractivity contribution in [2.24, 2.45) is 0 Å². The van der Waals surface area contributed by atoms with E-state index in [4.69, 9.17) is 9.52 Å². The van der Waals surface area contributed by atoms with Crippen molar-refractivity contribution in [3.63, 3.8) is 0 Å². The van der Waals surface area contributed by atoms with Gasteiger partial charge in [-0.05, 0) is 24.3 Å². The summed E-state index contributed by atoms with van der Waals surface area (Å²) in [6, 6.07) is 5.76. The number of hydrogen-bond acceptors (Lipinski definition) is 3. The minimum absolute atomic E-state index is 0.0334. The molecule has 102 valence electrons. The van der Waals surface area contributed by atoms with Gasteiger partial charge in [0.05, 0.1) is 24.1 Å². The fourth-order valence-electron chi connectivity index (χ4n) is 1.50. The van der Waals surface area contributed by atoms with E-state index >= 15 is 0 Å². The fourth-order valence-corrected chi connectivity index (χ4v) is 1.50. The summed E-state index contributed by atoms with van der Waals surface area (Å²) >= 11 is 0. The first-order valence-electron chi connectivity index (χ1n) is 5.93. The summed E-state index contributed by atoms with van der Waals surface area (Å²) in [7, 11) is 0. The van der Waals surface area contributed by atoms with Gasteiger partial charge < -0.3 is 14.8 Å². The van der Waals surface area contributed by atoms with E-state index in [1.807, 2.05) is 0 Å². The third kappa shape index (κ3) is 3.46. The van der Waals surface area contributed by atoms with Crippen LogP contribution in [0.5, 0.6) is 0 Å². The van der Waals surface area contributed by atoms with Crippen molar-refractivity contribution in [1.29, 1.82) is 0 Å². The van der Waals surface area contributed by atoms with Crippen LogP contribution in [-0.2, 0) is 0 Å². The van der Waals surface area contributed by atoms with Crippen molar-refractivity contribution in [3.05, 3.63) is 53.7 Å². The van der Waals surface area contributed by atoms with Gasteiger partial charge in [0, 0.05) is 12.0 Å². The largest absolute Gasteiger partial charge is 0.472 e. The third-order valence-corrected chi connectivity index (χ3v) is 2.47. The van der Waals surface area contributed by atoms with Gasteiger partial charge in [-0.1, -0.05) is 11.8 Å². The van der Waals surface area contributed by atoms with E-state index in [1.54, 1.807) is 6.07 Å². The highest BCUT2D eigenvalue weighted by Gasteiger charge is 2.10. The predicted molar refractivity (Wildman–Crippen MR) is 71.6 cm³/mol. The zero-order chi connectivity index (χ0) is 14.4. The van der Waals surface area contributed by atoms with Crippen molar-refractivity contribution in [2.45, 2.75) is 6.42 Å². The monoisotopic (exact) mass is 273 g/mol. The molecule has 0 unspecified atom stereocenters. The van der Waals surface area contributed by atoms with Gasteiger partial charge in [-0.15, -0.1) is 0 Å². The van der Waals surface area contributed by atoms with Gasteiger partial charge in [0.1, 0.15) is 12.1 Å². The first kappa shape index (κ1) is 13.8. The van der Waals surface area contributed by atoms with Crippen LogP contribution < -0.4 is 5.32 Å². The molecule has 4 nitrogen and oxygen atoms in total. The smallest absolute Gasteiger partial charge is 0.258 e. The number of hydrogen-bond donors (Lipinski definition) is 2. The average molecular weight is 273 g/mol. The quantitative estimate of drug-likeness (QED) is 0.844. The van der Waals surface area contributed by atoms with Crippen LogP contribution in [-0.4, -0.2) is 17.6 Å². The van der Waals surface area contributed by atoms with Crippen LogP contribution in [0, 0.1) is 17.7 Å². The van der Waals surface area contributed by atoms with Crippen molar-refractivity contribution in [3.8, 4) is 11.8 Å². The molecular weight excluding hydrogens is 261 g/mol. The molecule has 0 atom stereocenters. The molecule has 0 bridgehead atoms. The van der Waals surface area contributed by atoms with Gasteiger partial charge in [0.25, 0.3) is 5.91 Å². The third-order valence-electron chi connectivity index (χ3n) is 2.47. The lowest BCUT2D eigenvalue weighted by molar-refractivity contribution is 0.102. The Morgan fingerprint density at radius 3 is 2.90 bits per heavy atom. The fraction of sp³-hybridized carbons (Fsp3) is 0.133. The topological polar surface area (TPSA) is 62.5 Å². The van der Waals surface area contributed by atoms with Gasteiger partial charge in [0.2, 0.25) is 0 Å². The van der Waals surface area contributed by atoms with Crippen LogP contribution in [0.25, 0.3) is 0 Å². The normalized spacial score (nSPS) is 9.70. The Hall–Kier alpha value is -2.58. The van der Waals surface area contributed by atoms with Crippen molar-refractivity contribution in [1.82, 2.24) is 0 Å². The Kier molecular flexibility index (Phi) is 4.53. The van der Waals surface area contributed by atoms with Gasteiger partial charge in [-0.25, -0.2) is 4.39 Å². The molecule has 1 aromatic heterocycles. The molecule has 2 N–H and O–H groups in total. The van der Waals surface area contributed by atoms with Crippen molar-refractivity contribution >= 4 is 11.6 Å². The van der Waals surface area contributed by atoms with Crippen LogP contribution in [0.2, 0.25) is 0 Å². The second-order valence-corrected chi connectivity index (χ2v) is 3.94. The SMILES string of the molecule is O=C(Nc1ccc(C#CCCO)cc1F)c1ccoc1. The Balaban J connectivity index is 2.11. The summed E-state index contributed by atoms with van der Waals surface area (Å²) in [5.74, 6) is 4.39. The Labute approximate surface area is 115 Å². The summed E-state index contributed by atoms with van der Waals surface area (Å²) in [4.78, 5) is 11.7. The van der Waals surface area contributed by atoms with Crippen LogP contribution in [0.1, 0.15) is 22.3 Å². The molecule has 1 aromatic carbocycles. The molecule has 0 fully saturated rings. The van der Waals surface area contributed by atoms with E-state index in [0.29, 0.717) is 17.5 Å². The van der Waals surface area contributed by atoms with Crippen molar-refractivity contribution in [2.75, 3.05) is 11.9 Å². The average Bonchev–Trinajstić information content (AvgIpc) is 2.96. The number of furan rings is 1. The number of carbonyl (C=O) groups excluding carboxylic acids is 1. The molecule has 0 saturated heterocycles. The molecular formula is C15H12FNO3. The molecule has 1 heterocycles. The van der Waals surface area contributed by atoms with Gasteiger partial charge >= 0.3 is 0 Å². The minimum Gasteiger partial charge on any atom is -0.472 e. The molecule has 0 radical (unpaired) electrons. The second-order valence-electron chi connectivity index (χ2n) is 3.94. The zero-order valence-corrected chi connectivity index (χ0v) is 10.5. The molecule has 0 aliphatic heterocycles. The van der Waals surface area contributed by atoms with Crippen LogP contribution >= 0.6 is 0 Å². The number of nitrogens with one attached hydrogen (secondary N) is 1. The van der Waals surface area contributed by atoms with Crippen LogP contribution in [0.15, 0.2) is 41.2 Å². The molecule has 0 spiro atoms. The molecule has 0 aliphatic carbocycles. The Morgan fingerprint density at radius 1 is 1.40 bits per heavy atom. The highest BCUT2D eigenvalue weighted by atomic mass is 19.1. The van der Waals surface area contributed by atoms with Gasteiger partial charge in [-0.3, -0.25) is 4.79 Å².